The Labute approximate surface area is 437 Å². The van der Waals surface area contributed by atoms with Crippen molar-refractivity contribution in [1.29, 1.82) is 0 Å². The fourth-order valence-corrected chi connectivity index (χ4v) is 8.30. The Bertz CT molecular complexity index is 992. The molecule has 1 aliphatic rings. The first kappa shape index (κ1) is 76.6. The molecule has 1 heterocycles. The summed E-state index contributed by atoms with van der Waals surface area (Å²) in [4.78, 5) is 41.7. The van der Waals surface area contributed by atoms with Gasteiger partial charge < -0.3 is 24.2 Å². The number of hydrogen-bond donors (Lipinski definition) is 3. The number of halogens is 1. The lowest BCUT2D eigenvalue weighted by molar-refractivity contribution is -0.176. The number of aliphatic hydroxyl groups is 1. The van der Waals surface area contributed by atoms with E-state index < -0.39 is 6.10 Å². The number of β-amino-alcohol motifs (C(OH)–C–C–N with tert-alkyl or cyclic N) is 1. The van der Waals surface area contributed by atoms with E-state index in [0.29, 0.717) is 39.0 Å². The molecule has 0 spiro atoms. The number of nitrogens with zero attached hydrogens (tertiary/aromatic N) is 2. The summed E-state index contributed by atoms with van der Waals surface area (Å²) in [6.07, 6.45) is 37.6. The zero-order valence-corrected chi connectivity index (χ0v) is 47.9. The second-order valence-electron chi connectivity index (χ2n) is 18.8. The average Bonchev–Trinajstić information content (AvgIpc) is 3.72. The molecule has 0 bridgehead atoms. The first-order valence-corrected chi connectivity index (χ1v) is 29.6. The van der Waals surface area contributed by atoms with E-state index in [-0.39, 0.29) is 37.5 Å². The Hall–Kier alpha value is -1.31. The third-order valence-corrected chi connectivity index (χ3v) is 12.7. The summed E-state index contributed by atoms with van der Waals surface area (Å²) in [7, 11) is 4.11. The monoisotopic (exact) mass is 1050 g/mol. The van der Waals surface area contributed by atoms with Crippen LogP contribution in [0.25, 0.3) is 0 Å². The molecular formula is C57H119BrN2O9. The van der Waals surface area contributed by atoms with Crippen LogP contribution in [0, 0.1) is 0 Å². The molecule has 1 rings (SSSR count). The topological polar surface area (TPSA) is 146 Å². The minimum atomic E-state index is -0.506. The lowest BCUT2D eigenvalue weighted by atomic mass is 10.0. The second-order valence-corrected chi connectivity index (χ2v) is 19.5. The quantitative estimate of drug-likeness (QED) is 0.0134. The van der Waals surface area contributed by atoms with E-state index in [1.165, 1.54) is 109 Å². The number of esters is 3. The molecule has 1 saturated heterocycles. The highest BCUT2D eigenvalue weighted by Gasteiger charge is 2.36. The molecule has 0 saturated carbocycles. The van der Waals surface area contributed by atoms with Crippen molar-refractivity contribution >= 4 is 33.8 Å². The number of carbonyl (C=O) groups excluding carboxylic acids is 3. The van der Waals surface area contributed by atoms with Crippen LogP contribution in [0.3, 0.4) is 0 Å². The predicted molar refractivity (Wildman–Crippen MR) is 299 cm³/mol. The normalized spacial score (nSPS) is 14.0. The average molecular weight is 1060 g/mol. The summed E-state index contributed by atoms with van der Waals surface area (Å²) in [5, 5.41) is 23.4. The van der Waals surface area contributed by atoms with Crippen LogP contribution in [0.2, 0.25) is 0 Å². The maximum atomic E-state index is 12.8. The summed E-state index contributed by atoms with van der Waals surface area (Å²) in [5.41, 5.74) is 0. The molecule has 0 aromatic rings. The molecule has 0 amide bonds. The summed E-state index contributed by atoms with van der Waals surface area (Å²) in [5.74, 6) is -0.366. The summed E-state index contributed by atoms with van der Waals surface area (Å²) in [6.45, 7) is 18.3. The number of rotatable bonds is 42. The number of unbranched alkanes of at least 4 members (excludes halogenated alkanes) is 24. The number of carbonyl (C=O) groups is 3. The Morgan fingerprint density at radius 1 is 0.565 bits per heavy atom. The maximum Gasteiger partial charge on any atom is 0.323 e. The van der Waals surface area contributed by atoms with E-state index in [0.717, 1.165) is 115 Å². The van der Waals surface area contributed by atoms with E-state index in [9.17, 15) is 19.5 Å². The molecule has 418 valence electrons. The fraction of sp³-hybridized carbons (Fsp3) is 0.947. The van der Waals surface area contributed by atoms with Gasteiger partial charge in [0.25, 0.3) is 0 Å². The smallest absolute Gasteiger partial charge is 0.323 e. The predicted octanol–water partition coefficient (Wildman–Crippen LogP) is 16.4. The zero-order chi connectivity index (χ0) is 51.7. The van der Waals surface area contributed by atoms with E-state index >= 15 is 0 Å². The van der Waals surface area contributed by atoms with Crippen molar-refractivity contribution < 1.29 is 44.2 Å². The van der Waals surface area contributed by atoms with Gasteiger partial charge >= 0.3 is 17.9 Å². The Morgan fingerprint density at radius 2 is 0.942 bits per heavy atom. The zero-order valence-electron chi connectivity index (χ0n) is 46.3. The van der Waals surface area contributed by atoms with Crippen LogP contribution in [0.5, 0.6) is 0 Å². The van der Waals surface area contributed by atoms with Gasteiger partial charge in [0.2, 0.25) is 0 Å². The van der Waals surface area contributed by atoms with Crippen LogP contribution in [0.4, 0.5) is 0 Å². The van der Waals surface area contributed by atoms with Crippen LogP contribution in [0.1, 0.15) is 281 Å². The Morgan fingerprint density at radius 3 is 1.36 bits per heavy atom. The van der Waals surface area contributed by atoms with Crippen molar-refractivity contribution in [2.75, 3.05) is 52.3 Å². The first-order chi connectivity index (χ1) is 33.1. The Balaban J connectivity index is -0.000000801. The van der Waals surface area contributed by atoms with E-state index in [1.807, 2.05) is 18.7 Å². The molecule has 1 fully saturated rings. The van der Waals surface area contributed by atoms with Crippen LogP contribution < -0.4 is 0 Å². The molecule has 0 aliphatic carbocycles. The standard InChI is InChI=1S/C46H87NO7.C4H9Br.C4H11N.C2H6.CH4.H2O2/c1-4-7-10-13-17-22-30-37-52-44(49)34-28-24-29-36-47-40-41(48)39-43(47)46(51)53-38-31-23-18-16-21-27-35-45(50)54-42(32-25-19-14-11-8-5-2)33-26-20-15-12-9-6-3;1-2-3-4-5;1-4-5(2)3;1-2;;1-2/h41-43,48H,4-40H2,1-3H3;2-4H2,1H3;4H2,1-3H3;1-2H3;1H4;1-2H. The molecule has 3 N–H and O–H groups in total. The minimum Gasteiger partial charge on any atom is -0.466 e. The van der Waals surface area contributed by atoms with Gasteiger partial charge in [-0.2, -0.15) is 0 Å². The minimum absolute atomic E-state index is 0. The van der Waals surface area contributed by atoms with Gasteiger partial charge in [-0.05, 0) is 91.4 Å². The van der Waals surface area contributed by atoms with Gasteiger partial charge in [0, 0.05) is 31.1 Å². The van der Waals surface area contributed by atoms with Crippen molar-refractivity contribution in [3.63, 3.8) is 0 Å². The lowest BCUT2D eigenvalue weighted by Crippen LogP contribution is -2.38. The van der Waals surface area contributed by atoms with E-state index in [4.69, 9.17) is 24.7 Å². The fourth-order valence-electron chi connectivity index (χ4n) is 7.74. The lowest BCUT2D eigenvalue weighted by Gasteiger charge is -2.22. The molecule has 0 aromatic carbocycles. The van der Waals surface area contributed by atoms with Crippen LogP contribution in [-0.2, 0) is 28.6 Å². The van der Waals surface area contributed by atoms with Crippen LogP contribution in [-0.4, -0.2) is 114 Å². The number of likely N-dealkylation sites (tertiary alicyclic amines) is 1. The van der Waals surface area contributed by atoms with Gasteiger partial charge in [0.1, 0.15) is 12.1 Å². The van der Waals surface area contributed by atoms with Gasteiger partial charge in [-0.25, -0.2) is 0 Å². The van der Waals surface area contributed by atoms with Crippen LogP contribution in [0.15, 0.2) is 0 Å². The summed E-state index contributed by atoms with van der Waals surface area (Å²) < 4.78 is 17.0. The van der Waals surface area contributed by atoms with E-state index in [1.54, 1.807) is 0 Å². The molecule has 2 atom stereocenters. The Kier molecular flexibility index (Phi) is 71.8. The molecule has 69 heavy (non-hydrogen) atoms. The highest BCUT2D eigenvalue weighted by atomic mass is 79.9. The molecule has 1 aliphatic heterocycles. The SMILES string of the molecule is C.CC.CCCCBr.CCCCCCCCCOC(=O)CCCCCN1CC(O)CC1C(=O)OCCCCCCCCC(=O)OC(CCCCCCCC)CCCCCCCC.CCN(C)C.OO. The maximum absolute atomic E-state index is 12.8. The first-order valence-electron chi connectivity index (χ1n) is 28.4. The summed E-state index contributed by atoms with van der Waals surface area (Å²) >= 11 is 3.31. The van der Waals surface area contributed by atoms with E-state index in [2.05, 4.69) is 69.5 Å². The highest BCUT2D eigenvalue weighted by Crippen LogP contribution is 2.22. The van der Waals surface area contributed by atoms with Gasteiger partial charge in [0.15, 0.2) is 0 Å². The van der Waals surface area contributed by atoms with Crippen molar-refractivity contribution in [2.45, 2.75) is 299 Å². The van der Waals surface area contributed by atoms with Crippen molar-refractivity contribution in [2.24, 2.45) is 0 Å². The van der Waals surface area contributed by atoms with Gasteiger partial charge in [-0.3, -0.25) is 29.8 Å². The number of ether oxygens (including phenoxy) is 3. The van der Waals surface area contributed by atoms with Gasteiger partial charge in [0.05, 0.1) is 19.3 Å². The second kappa shape index (κ2) is 64.7. The van der Waals surface area contributed by atoms with Crippen molar-refractivity contribution in [3.05, 3.63) is 0 Å². The number of hydrogen-bond acceptors (Lipinski definition) is 11. The third-order valence-electron chi connectivity index (χ3n) is 12.2. The molecule has 2 unspecified atom stereocenters. The summed E-state index contributed by atoms with van der Waals surface area (Å²) in [6, 6.07) is -0.386. The van der Waals surface area contributed by atoms with Crippen molar-refractivity contribution in [1.82, 2.24) is 9.80 Å². The van der Waals surface area contributed by atoms with Gasteiger partial charge in [-0.1, -0.05) is 213 Å². The molecule has 11 nitrogen and oxygen atoms in total. The third kappa shape index (κ3) is 59.1. The number of aliphatic hydroxyl groups excluding tert-OH is 1. The van der Waals surface area contributed by atoms with Crippen molar-refractivity contribution in [3.8, 4) is 0 Å². The van der Waals surface area contributed by atoms with Crippen LogP contribution >= 0.6 is 15.9 Å². The largest absolute Gasteiger partial charge is 0.466 e. The molecule has 0 radical (unpaired) electrons. The van der Waals surface area contributed by atoms with Gasteiger partial charge in [-0.15, -0.1) is 0 Å². The number of alkyl halides is 1. The highest BCUT2D eigenvalue weighted by molar-refractivity contribution is 9.09. The molecule has 0 aromatic heterocycles. The molecular weight excluding hydrogens is 937 g/mol. The molecule has 12 heteroatoms.